The van der Waals surface area contributed by atoms with E-state index in [1.165, 1.54) is 0 Å². The molecule has 90 valence electrons. The fourth-order valence-electron chi connectivity index (χ4n) is 2.54. The van der Waals surface area contributed by atoms with Crippen LogP contribution in [0.2, 0.25) is 0 Å². The molecule has 1 rings (SSSR count). The maximum atomic E-state index is 12.7. The molecule has 0 amide bonds. The lowest BCUT2D eigenvalue weighted by atomic mass is 9.75. The third-order valence-corrected chi connectivity index (χ3v) is 3.32. The molecule has 1 aliphatic carbocycles. The monoisotopic (exact) mass is 224 g/mol. The summed E-state index contributed by atoms with van der Waals surface area (Å²) in [5, 5.41) is 9.71. The van der Waals surface area contributed by atoms with E-state index in [0.717, 1.165) is 12.8 Å². The van der Waals surface area contributed by atoms with Gasteiger partial charge in [-0.05, 0) is 25.2 Å². The van der Waals surface area contributed by atoms with E-state index < -0.39 is 24.1 Å². The van der Waals surface area contributed by atoms with Gasteiger partial charge in [0.05, 0.1) is 12.0 Å². The Morgan fingerprint density at radius 1 is 1.27 bits per heavy atom. The smallest absolute Gasteiger partial charge is 0.392 e. The SMILES string of the molecule is CCCC(O)C1CCCCC1C(F)(F)F. The molecule has 3 atom stereocenters. The summed E-state index contributed by atoms with van der Waals surface area (Å²) in [6.07, 6.45) is -1.53. The van der Waals surface area contributed by atoms with Gasteiger partial charge in [0.1, 0.15) is 0 Å². The summed E-state index contributed by atoms with van der Waals surface area (Å²) in [5.74, 6) is -1.86. The van der Waals surface area contributed by atoms with Crippen LogP contribution in [0.1, 0.15) is 45.4 Å². The number of rotatable bonds is 3. The van der Waals surface area contributed by atoms with E-state index in [4.69, 9.17) is 0 Å². The average molecular weight is 224 g/mol. The highest BCUT2D eigenvalue weighted by Crippen LogP contribution is 2.43. The minimum absolute atomic E-state index is 0.189. The molecule has 0 aromatic heterocycles. The zero-order chi connectivity index (χ0) is 11.5. The van der Waals surface area contributed by atoms with Gasteiger partial charge in [0.2, 0.25) is 0 Å². The van der Waals surface area contributed by atoms with Crippen LogP contribution in [0.3, 0.4) is 0 Å². The first-order valence-electron chi connectivity index (χ1n) is 5.71. The van der Waals surface area contributed by atoms with Crippen molar-refractivity contribution in [3.8, 4) is 0 Å². The van der Waals surface area contributed by atoms with Crippen molar-refractivity contribution in [3.63, 3.8) is 0 Å². The lowest BCUT2D eigenvalue weighted by Gasteiger charge is -2.35. The molecule has 0 aromatic rings. The Bertz CT molecular complexity index is 191. The molecule has 0 radical (unpaired) electrons. The second-order valence-corrected chi connectivity index (χ2v) is 4.45. The second-order valence-electron chi connectivity index (χ2n) is 4.45. The molecular weight excluding hydrogens is 205 g/mol. The summed E-state index contributed by atoms with van der Waals surface area (Å²) in [6, 6.07) is 0. The molecule has 0 aliphatic heterocycles. The van der Waals surface area contributed by atoms with E-state index in [2.05, 4.69) is 0 Å². The van der Waals surface area contributed by atoms with Crippen molar-refractivity contribution < 1.29 is 18.3 Å². The zero-order valence-corrected chi connectivity index (χ0v) is 9.06. The van der Waals surface area contributed by atoms with E-state index in [-0.39, 0.29) is 6.42 Å². The maximum absolute atomic E-state index is 12.7. The van der Waals surface area contributed by atoms with Gasteiger partial charge in [-0.25, -0.2) is 0 Å². The van der Waals surface area contributed by atoms with Crippen LogP contribution in [-0.2, 0) is 0 Å². The summed E-state index contributed by atoms with van der Waals surface area (Å²) in [4.78, 5) is 0. The van der Waals surface area contributed by atoms with Crippen molar-refractivity contribution in [2.45, 2.75) is 57.7 Å². The summed E-state index contributed by atoms with van der Waals surface area (Å²) in [6.45, 7) is 1.88. The van der Waals surface area contributed by atoms with Gasteiger partial charge in [-0.1, -0.05) is 26.2 Å². The van der Waals surface area contributed by atoms with E-state index >= 15 is 0 Å². The number of alkyl halides is 3. The second kappa shape index (κ2) is 5.19. The van der Waals surface area contributed by atoms with Gasteiger partial charge in [0.25, 0.3) is 0 Å². The van der Waals surface area contributed by atoms with Crippen molar-refractivity contribution in [1.82, 2.24) is 0 Å². The Balaban J connectivity index is 2.65. The van der Waals surface area contributed by atoms with Crippen molar-refractivity contribution in [3.05, 3.63) is 0 Å². The van der Waals surface area contributed by atoms with Gasteiger partial charge in [-0.2, -0.15) is 13.2 Å². The normalized spacial score (nSPS) is 30.2. The number of hydrogen-bond acceptors (Lipinski definition) is 1. The van der Waals surface area contributed by atoms with Crippen LogP contribution >= 0.6 is 0 Å². The van der Waals surface area contributed by atoms with Gasteiger partial charge in [0, 0.05) is 0 Å². The van der Waals surface area contributed by atoms with Crippen LogP contribution in [0.4, 0.5) is 13.2 Å². The first-order chi connectivity index (χ1) is 6.96. The third-order valence-electron chi connectivity index (χ3n) is 3.32. The highest BCUT2D eigenvalue weighted by molar-refractivity contribution is 4.84. The van der Waals surface area contributed by atoms with Gasteiger partial charge >= 0.3 is 6.18 Å². The Kier molecular flexibility index (Phi) is 4.44. The van der Waals surface area contributed by atoms with Gasteiger partial charge in [0.15, 0.2) is 0 Å². The first kappa shape index (κ1) is 12.8. The minimum atomic E-state index is -4.14. The fourth-order valence-corrected chi connectivity index (χ4v) is 2.54. The summed E-state index contributed by atoms with van der Waals surface area (Å²) in [5.41, 5.74) is 0. The molecule has 1 fully saturated rings. The largest absolute Gasteiger partial charge is 0.393 e. The quantitative estimate of drug-likeness (QED) is 0.777. The number of halogens is 3. The maximum Gasteiger partial charge on any atom is 0.392 e. The Labute approximate surface area is 88.7 Å². The van der Waals surface area contributed by atoms with Crippen LogP contribution in [0.25, 0.3) is 0 Å². The summed E-state index contributed by atoms with van der Waals surface area (Å²) < 4.78 is 38.0. The molecule has 15 heavy (non-hydrogen) atoms. The van der Waals surface area contributed by atoms with Crippen LogP contribution in [-0.4, -0.2) is 17.4 Å². The van der Waals surface area contributed by atoms with E-state index in [9.17, 15) is 18.3 Å². The van der Waals surface area contributed by atoms with Gasteiger partial charge < -0.3 is 5.11 Å². The van der Waals surface area contributed by atoms with Gasteiger partial charge in [-0.3, -0.25) is 0 Å². The molecule has 1 aliphatic rings. The number of hydrogen-bond donors (Lipinski definition) is 1. The highest BCUT2D eigenvalue weighted by atomic mass is 19.4. The van der Waals surface area contributed by atoms with Crippen molar-refractivity contribution in [1.29, 1.82) is 0 Å². The van der Waals surface area contributed by atoms with Crippen LogP contribution in [0.15, 0.2) is 0 Å². The number of aliphatic hydroxyl groups excluding tert-OH is 1. The minimum Gasteiger partial charge on any atom is -0.393 e. The molecule has 0 saturated heterocycles. The van der Waals surface area contributed by atoms with E-state index in [1.54, 1.807) is 0 Å². The average Bonchev–Trinajstić information content (AvgIpc) is 2.17. The molecular formula is C11H19F3O. The molecule has 1 saturated carbocycles. The molecule has 1 nitrogen and oxygen atoms in total. The Morgan fingerprint density at radius 2 is 1.87 bits per heavy atom. The zero-order valence-electron chi connectivity index (χ0n) is 9.06. The van der Waals surface area contributed by atoms with Crippen LogP contribution in [0, 0.1) is 11.8 Å². The predicted molar refractivity (Wildman–Crippen MR) is 52.4 cm³/mol. The first-order valence-corrected chi connectivity index (χ1v) is 5.71. The van der Waals surface area contributed by atoms with E-state index in [1.807, 2.05) is 6.92 Å². The molecule has 3 unspecified atom stereocenters. The molecule has 0 aromatic carbocycles. The Morgan fingerprint density at radius 3 is 2.40 bits per heavy atom. The van der Waals surface area contributed by atoms with Gasteiger partial charge in [-0.15, -0.1) is 0 Å². The molecule has 4 heteroatoms. The summed E-state index contributed by atoms with van der Waals surface area (Å²) in [7, 11) is 0. The Hall–Kier alpha value is -0.250. The predicted octanol–water partition coefficient (Wildman–Crippen LogP) is 3.52. The van der Waals surface area contributed by atoms with E-state index in [0.29, 0.717) is 19.3 Å². The van der Waals surface area contributed by atoms with Crippen LogP contribution in [0.5, 0.6) is 0 Å². The van der Waals surface area contributed by atoms with Crippen molar-refractivity contribution >= 4 is 0 Å². The molecule has 0 bridgehead atoms. The highest BCUT2D eigenvalue weighted by Gasteiger charge is 2.47. The standard InChI is InChI=1S/C11H19F3O/c1-2-5-10(15)8-6-3-4-7-9(8)11(12,13)14/h8-10,15H,2-7H2,1H3. The molecule has 0 spiro atoms. The lowest BCUT2D eigenvalue weighted by Crippen LogP contribution is -2.39. The lowest BCUT2D eigenvalue weighted by molar-refractivity contribution is -0.207. The van der Waals surface area contributed by atoms with Crippen LogP contribution < -0.4 is 0 Å². The number of aliphatic hydroxyl groups is 1. The van der Waals surface area contributed by atoms with Crippen molar-refractivity contribution in [2.24, 2.45) is 11.8 Å². The van der Waals surface area contributed by atoms with Crippen molar-refractivity contribution in [2.75, 3.05) is 0 Å². The summed E-state index contributed by atoms with van der Waals surface area (Å²) >= 11 is 0. The molecule has 1 N–H and O–H groups in total. The fraction of sp³-hybridized carbons (Fsp3) is 1.00. The topological polar surface area (TPSA) is 20.2 Å². The third kappa shape index (κ3) is 3.37. The molecule has 0 heterocycles.